The lowest BCUT2D eigenvalue weighted by Gasteiger charge is -2.22. The summed E-state index contributed by atoms with van der Waals surface area (Å²) in [5, 5.41) is 8.62. The van der Waals surface area contributed by atoms with Gasteiger partial charge in [0.05, 0.1) is 6.61 Å². The molecule has 1 aromatic carbocycles. The van der Waals surface area contributed by atoms with Crippen LogP contribution >= 0.6 is 0 Å². The van der Waals surface area contributed by atoms with Crippen molar-refractivity contribution in [1.82, 2.24) is 4.90 Å². The molecular weight excluding hydrogens is 242 g/mol. The maximum Gasteiger partial charge on any atom is 0.328 e. The second-order valence-electron chi connectivity index (χ2n) is 4.85. The smallest absolute Gasteiger partial charge is 0.328 e. The number of hydrogen-bond acceptors (Lipinski definition) is 3. The van der Waals surface area contributed by atoms with Crippen LogP contribution in [0.15, 0.2) is 30.3 Å². The molecule has 1 aliphatic rings. The minimum Gasteiger partial charge on any atom is -0.478 e. The van der Waals surface area contributed by atoms with E-state index in [2.05, 4.69) is 18.0 Å². The Morgan fingerprint density at radius 3 is 3.11 bits per heavy atom. The summed E-state index contributed by atoms with van der Waals surface area (Å²) in [6.07, 6.45) is 3.85. The monoisotopic (exact) mass is 261 g/mol. The molecule has 0 bridgehead atoms. The highest BCUT2D eigenvalue weighted by Gasteiger charge is 2.19. The van der Waals surface area contributed by atoms with Crippen LogP contribution in [-0.2, 0) is 16.1 Å². The summed E-state index contributed by atoms with van der Waals surface area (Å²) >= 11 is 0. The Balaban J connectivity index is 2.00. The van der Waals surface area contributed by atoms with E-state index in [1.165, 1.54) is 5.56 Å². The Morgan fingerprint density at radius 1 is 1.58 bits per heavy atom. The highest BCUT2D eigenvalue weighted by molar-refractivity contribution is 5.85. The summed E-state index contributed by atoms with van der Waals surface area (Å²) in [7, 11) is 2.10. The number of ether oxygens (including phenoxy) is 1. The van der Waals surface area contributed by atoms with Gasteiger partial charge in [-0.25, -0.2) is 4.79 Å². The summed E-state index contributed by atoms with van der Waals surface area (Å²) in [4.78, 5) is 12.8. The summed E-state index contributed by atoms with van der Waals surface area (Å²) in [6, 6.07) is 8.42. The SMILES string of the molecule is CN(Cc1cccc(/C=C/C(=O)O)c1)C1CCOC1. The van der Waals surface area contributed by atoms with Crippen LogP contribution in [0.5, 0.6) is 0 Å². The molecular formula is C15H19NO3. The number of benzene rings is 1. The third-order valence-electron chi connectivity index (χ3n) is 3.33. The average molecular weight is 261 g/mol. The van der Waals surface area contributed by atoms with Gasteiger partial charge in [0.1, 0.15) is 0 Å². The lowest BCUT2D eigenvalue weighted by atomic mass is 10.1. The van der Waals surface area contributed by atoms with Crippen LogP contribution < -0.4 is 0 Å². The van der Waals surface area contributed by atoms with Crippen molar-refractivity contribution in [3.05, 3.63) is 41.5 Å². The third-order valence-corrected chi connectivity index (χ3v) is 3.33. The van der Waals surface area contributed by atoms with Crippen molar-refractivity contribution in [3.63, 3.8) is 0 Å². The molecule has 1 fully saturated rings. The Labute approximate surface area is 113 Å². The van der Waals surface area contributed by atoms with Crippen molar-refractivity contribution in [2.75, 3.05) is 20.3 Å². The second-order valence-corrected chi connectivity index (χ2v) is 4.85. The van der Waals surface area contributed by atoms with Gasteiger partial charge in [0, 0.05) is 25.3 Å². The van der Waals surface area contributed by atoms with Crippen LogP contribution in [0.3, 0.4) is 0 Å². The molecule has 1 atom stereocenters. The van der Waals surface area contributed by atoms with Gasteiger partial charge in [-0.1, -0.05) is 24.3 Å². The van der Waals surface area contributed by atoms with E-state index in [-0.39, 0.29) is 0 Å². The van der Waals surface area contributed by atoms with E-state index in [1.54, 1.807) is 6.08 Å². The van der Waals surface area contributed by atoms with Gasteiger partial charge in [0.15, 0.2) is 0 Å². The molecule has 0 spiro atoms. The normalized spacial score (nSPS) is 19.4. The van der Waals surface area contributed by atoms with Crippen LogP contribution in [0.25, 0.3) is 6.08 Å². The Kier molecular flexibility index (Phi) is 4.71. The van der Waals surface area contributed by atoms with E-state index in [0.717, 1.165) is 37.8 Å². The third kappa shape index (κ3) is 4.19. The Morgan fingerprint density at radius 2 is 2.42 bits per heavy atom. The van der Waals surface area contributed by atoms with Gasteiger partial charge in [-0.2, -0.15) is 0 Å². The summed E-state index contributed by atoms with van der Waals surface area (Å²) in [6.45, 7) is 2.49. The first-order valence-electron chi connectivity index (χ1n) is 6.43. The number of carbonyl (C=O) groups is 1. The molecule has 1 heterocycles. The second kappa shape index (κ2) is 6.50. The first-order chi connectivity index (χ1) is 9.15. The van der Waals surface area contributed by atoms with Crippen molar-refractivity contribution >= 4 is 12.0 Å². The van der Waals surface area contributed by atoms with Gasteiger partial charge in [-0.3, -0.25) is 4.90 Å². The summed E-state index contributed by atoms with van der Waals surface area (Å²) < 4.78 is 5.39. The molecule has 0 aromatic heterocycles. The molecule has 1 saturated heterocycles. The number of nitrogens with zero attached hydrogens (tertiary/aromatic N) is 1. The van der Waals surface area contributed by atoms with Gasteiger partial charge < -0.3 is 9.84 Å². The van der Waals surface area contributed by atoms with E-state index < -0.39 is 5.97 Å². The molecule has 1 aliphatic heterocycles. The summed E-state index contributed by atoms with van der Waals surface area (Å²) in [5.74, 6) is -0.925. The fourth-order valence-corrected chi connectivity index (χ4v) is 2.25. The molecule has 0 radical (unpaired) electrons. The molecule has 19 heavy (non-hydrogen) atoms. The van der Waals surface area contributed by atoms with Crippen molar-refractivity contribution in [1.29, 1.82) is 0 Å². The van der Waals surface area contributed by atoms with E-state index in [1.807, 2.05) is 18.2 Å². The molecule has 0 saturated carbocycles. The maximum absolute atomic E-state index is 10.5. The topological polar surface area (TPSA) is 49.8 Å². The number of rotatable bonds is 5. The summed E-state index contributed by atoms with van der Waals surface area (Å²) in [5.41, 5.74) is 2.10. The standard InChI is InChI=1S/C15H19NO3/c1-16(14-7-8-19-11-14)10-13-4-2-3-12(9-13)5-6-15(17)18/h2-6,9,14H,7-8,10-11H2,1H3,(H,17,18)/b6-5+. The molecule has 4 nitrogen and oxygen atoms in total. The predicted octanol–water partition coefficient (Wildman–Crippen LogP) is 2.01. The molecule has 1 aromatic rings. The minimum atomic E-state index is -0.925. The minimum absolute atomic E-state index is 0.484. The van der Waals surface area contributed by atoms with Crippen molar-refractivity contribution in [3.8, 4) is 0 Å². The lowest BCUT2D eigenvalue weighted by Crippen LogP contribution is -2.31. The molecule has 1 N–H and O–H groups in total. The van der Waals surface area contributed by atoms with E-state index >= 15 is 0 Å². The van der Waals surface area contributed by atoms with Crippen LogP contribution in [0.4, 0.5) is 0 Å². The predicted molar refractivity (Wildman–Crippen MR) is 73.8 cm³/mol. The first kappa shape index (κ1) is 13.8. The molecule has 0 aliphatic carbocycles. The van der Waals surface area contributed by atoms with Gasteiger partial charge >= 0.3 is 5.97 Å². The van der Waals surface area contributed by atoms with Crippen LogP contribution in [-0.4, -0.2) is 42.3 Å². The number of aliphatic carboxylic acids is 1. The van der Waals surface area contributed by atoms with E-state index in [9.17, 15) is 4.79 Å². The first-order valence-corrected chi connectivity index (χ1v) is 6.43. The molecule has 102 valence electrons. The van der Waals surface area contributed by atoms with Crippen molar-refractivity contribution in [2.24, 2.45) is 0 Å². The van der Waals surface area contributed by atoms with Gasteiger partial charge in [0.25, 0.3) is 0 Å². The highest BCUT2D eigenvalue weighted by Crippen LogP contribution is 2.15. The fraction of sp³-hybridized carbons (Fsp3) is 0.400. The Bertz CT molecular complexity index is 464. The van der Waals surface area contributed by atoms with Gasteiger partial charge in [-0.05, 0) is 30.7 Å². The number of carboxylic acid groups (broad SMARTS) is 1. The van der Waals surface area contributed by atoms with Gasteiger partial charge in [0.2, 0.25) is 0 Å². The zero-order chi connectivity index (χ0) is 13.7. The average Bonchev–Trinajstić information content (AvgIpc) is 2.91. The maximum atomic E-state index is 10.5. The number of carboxylic acids is 1. The highest BCUT2D eigenvalue weighted by atomic mass is 16.5. The zero-order valence-electron chi connectivity index (χ0n) is 11.1. The quantitative estimate of drug-likeness (QED) is 0.824. The molecule has 1 unspecified atom stereocenters. The molecule has 4 heteroatoms. The van der Waals surface area contributed by atoms with E-state index in [4.69, 9.17) is 9.84 Å². The van der Waals surface area contributed by atoms with Crippen molar-refractivity contribution in [2.45, 2.75) is 19.0 Å². The fourth-order valence-electron chi connectivity index (χ4n) is 2.25. The number of likely N-dealkylation sites (N-methyl/N-ethyl adjacent to an activating group) is 1. The van der Waals surface area contributed by atoms with Crippen LogP contribution in [0.1, 0.15) is 17.5 Å². The van der Waals surface area contributed by atoms with Crippen LogP contribution in [0, 0.1) is 0 Å². The Hall–Kier alpha value is -1.65. The van der Waals surface area contributed by atoms with Crippen LogP contribution in [0.2, 0.25) is 0 Å². The zero-order valence-corrected chi connectivity index (χ0v) is 11.1. The number of hydrogen-bond donors (Lipinski definition) is 1. The largest absolute Gasteiger partial charge is 0.478 e. The lowest BCUT2D eigenvalue weighted by molar-refractivity contribution is -0.131. The molecule has 2 rings (SSSR count). The van der Waals surface area contributed by atoms with E-state index in [0.29, 0.717) is 6.04 Å². The van der Waals surface area contributed by atoms with Crippen molar-refractivity contribution < 1.29 is 14.6 Å². The van der Waals surface area contributed by atoms with Gasteiger partial charge in [-0.15, -0.1) is 0 Å². The molecule has 0 amide bonds.